The van der Waals surface area contributed by atoms with Gasteiger partial charge in [-0.1, -0.05) is 59.7 Å². The molecule has 1 aromatic carbocycles. The van der Waals surface area contributed by atoms with Crippen LogP contribution in [0.5, 0.6) is 5.75 Å². The van der Waals surface area contributed by atoms with Gasteiger partial charge in [-0.2, -0.15) is 0 Å². The van der Waals surface area contributed by atoms with Gasteiger partial charge in [0.25, 0.3) is 0 Å². The van der Waals surface area contributed by atoms with Crippen LogP contribution in [0.2, 0.25) is 0 Å². The van der Waals surface area contributed by atoms with Gasteiger partial charge in [0.15, 0.2) is 0 Å². The standard InChI is InChI=1S/C18H28O3/c1-16(2,3)12-18(15(19)20,17(4,5)6)13-21-14-10-8-7-9-11-14/h7-11H,12-13H2,1-6H3,(H,19,20). The van der Waals surface area contributed by atoms with E-state index in [1.165, 1.54) is 0 Å². The summed E-state index contributed by atoms with van der Waals surface area (Å²) in [5.74, 6) is -0.0814. The number of carboxylic acids is 1. The van der Waals surface area contributed by atoms with E-state index in [1.54, 1.807) is 0 Å². The third-order valence-electron chi connectivity index (χ3n) is 3.91. The lowest BCUT2D eigenvalue weighted by atomic mass is 9.60. The monoisotopic (exact) mass is 292 g/mol. The van der Waals surface area contributed by atoms with E-state index in [2.05, 4.69) is 20.8 Å². The second kappa shape index (κ2) is 6.08. The summed E-state index contributed by atoms with van der Waals surface area (Å²) >= 11 is 0. The lowest BCUT2D eigenvalue weighted by molar-refractivity contribution is -0.163. The molecule has 1 rings (SSSR count). The van der Waals surface area contributed by atoms with E-state index in [4.69, 9.17) is 4.74 Å². The summed E-state index contributed by atoms with van der Waals surface area (Å²) in [5.41, 5.74) is -1.42. The molecule has 0 spiro atoms. The first kappa shape index (κ1) is 17.5. The Bertz CT molecular complexity index is 465. The number of carbonyl (C=O) groups is 1. The van der Waals surface area contributed by atoms with Crippen LogP contribution in [0.25, 0.3) is 0 Å². The van der Waals surface area contributed by atoms with Gasteiger partial charge in [0.2, 0.25) is 0 Å². The van der Waals surface area contributed by atoms with E-state index in [0.717, 1.165) is 0 Å². The Morgan fingerprint density at radius 3 is 1.95 bits per heavy atom. The van der Waals surface area contributed by atoms with Crippen LogP contribution in [0.4, 0.5) is 0 Å². The summed E-state index contributed by atoms with van der Waals surface area (Å²) in [5, 5.41) is 9.92. The normalized spacial score (nSPS) is 15.3. The van der Waals surface area contributed by atoms with Crippen molar-refractivity contribution in [2.45, 2.75) is 48.0 Å². The zero-order chi connectivity index (χ0) is 16.3. The van der Waals surface area contributed by atoms with Gasteiger partial charge in [-0.15, -0.1) is 0 Å². The fourth-order valence-corrected chi connectivity index (χ4v) is 2.62. The van der Waals surface area contributed by atoms with Crippen molar-refractivity contribution in [3.63, 3.8) is 0 Å². The molecule has 3 heteroatoms. The van der Waals surface area contributed by atoms with Crippen molar-refractivity contribution in [2.75, 3.05) is 6.61 Å². The predicted octanol–water partition coefficient (Wildman–Crippen LogP) is 4.62. The number of para-hydroxylation sites is 1. The van der Waals surface area contributed by atoms with Gasteiger partial charge in [-0.3, -0.25) is 4.79 Å². The molecule has 118 valence electrons. The quantitative estimate of drug-likeness (QED) is 0.861. The van der Waals surface area contributed by atoms with Crippen molar-refractivity contribution in [3.8, 4) is 5.75 Å². The number of ether oxygens (including phenoxy) is 1. The van der Waals surface area contributed by atoms with E-state index in [0.29, 0.717) is 12.2 Å². The van der Waals surface area contributed by atoms with Crippen LogP contribution in [-0.4, -0.2) is 17.7 Å². The lowest BCUT2D eigenvalue weighted by Crippen LogP contribution is -2.49. The molecule has 0 saturated heterocycles. The van der Waals surface area contributed by atoms with Gasteiger partial charge in [-0.05, 0) is 29.4 Å². The highest BCUT2D eigenvalue weighted by molar-refractivity contribution is 5.76. The minimum absolute atomic E-state index is 0.0915. The maximum Gasteiger partial charge on any atom is 0.313 e. The molecular weight excluding hydrogens is 264 g/mol. The highest BCUT2D eigenvalue weighted by Crippen LogP contribution is 2.47. The first-order chi connectivity index (χ1) is 9.48. The fraction of sp³-hybridized carbons (Fsp3) is 0.611. The summed E-state index contributed by atoms with van der Waals surface area (Å²) in [6, 6.07) is 9.40. The molecule has 0 radical (unpaired) electrons. The van der Waals surface area contributed by atoms with Gasteiger partial charge in [0, 0.05) is 0 Å². The number of benzene rings is 1. The average Bonchev–Trinajstić information content (AvgIpc) is 2.32. The molecular formula is C18H28O3. The minimum Gasteiger partial charge on any atom is -0.492 e. The Morgan fingerprint density at radius 1 is 1.05 bits per heavy atom. The van der Waals surface area contributed by atoms with E-state index in [-0.39, 0.29) is 12.0 Å². The Kier molecular flexibility index (Phi) is 5.08. The zero-order valence-electron chi connectivity index (χ0n) is 14.1. The Labute approximate surface area is 128 Å². The number of carboxylic acid groups (broad SMARTS) is 1. The molecule has 0 fully saturated rings. The molecule has 0 saturated carbocycles. The van der Waals surface area contributed by atoms with Crippen molar-refractivity contribution >= 4 is 5.97 Å². The number of rotatable bonds is 5. The maximum atomic E-state index is 12.1. The molecule has 21 heavy (non-hydrogen) atoms. The summed E-state index contributed by atoms with van der Waals surface area (Å²) in [7, 11) is 0. The van der Waals surface area contributed by atoms with Gasteiger partial charge < -0.3 is 9.84 Å². The molecule has 1 aromatic rings. The van der Waals surface area contributed by atoms with Gasteiger partial charge in [0.1, 0.15) is 17.8 Å². The Hall–Kier alpha value is -1.51. The van der Waals surface area contributed by atoms with Crippen LogP contribution in [0, 0.1) is 16.2 Å². The smallest absolute Gasteiger partial charge is 0.313 e. The molecule has 0 bridgehead atoms. The summed E-state index contributed by atoms with van der Waals surface area (Å²) in [6.07, 6.45) is 0.561. The molecule has 1 N–H and O–H groups in total. The third-order valence-corrected chi connectivity index (χ3v) is 3.91. The first-order valence-corrected chi connectivity index (χ1v) is 7.39. The van der Waals surface area contributed by atoms with Gasteiger partial charge in [0.05, 0.1) is 0 Å². The molecule has 0 aliphatic rings. The van der Waals surface area contributed by atoms with Crippen LogP contribution in [0.1, 0.15) is 48.0 Å². The summed E-state index contributed by atoms with van der Waals surface area (Å²) in [4.78, 5) is 12.1. The first-order valence-electron chi connectivity index (χ1n) is 7.39. The molecule has 0 aromatic heterocycles. The van der Waals surface area contributed by atoms with Crippen molar-refractivity contribution in [2.24, 2.45) is 16.2 Å². The second-order valence-corrected chi connectivity index (χ2v) is 7.98. The second-order valence-electron chi connectivity index (χ2n) is 7.98. The highest BCUT2D eigenvalue weighted by atomic mass is 16.5. The minimum atomic E-state index is -0.929. The molecule has 0 aliphatic carbocycles. The van der Waals surface area contributed by atoms with Crippen LogP contribution in [-0.2, 0) is 4.79 Å². The van der Waals surface area contributed by atoms with Crippen LogP contribution in [0.3, 0.4) is 0 Å². The number of hydrogen-bond acceptors (Lipinski definition) is 2. The predicted molar refractivity (Wildman–Crippen MR) is 85.5 cm³/mol. The van der Waals surface area contributed by atoms with Crippen molar-refractivity contribution in [1.29, 1.82) is 0 Å². The fourth-order valence-electron chi connectivity index (χ4n) is 2.62. The van der Waals surface area contributed by atoms with E-state index in [1.807, 2.05) is 51.1 Å². The molecule has 3 nitrogen and oxygen atoms in total. The van der Waals surface area contributed by atoms with Gasteiger partial charge >= 0.3 is 5.97 Å². The Morgan fingerprint density at radius 2 is 1.57 bits per heavy atom. The molecule has 0 aliphatic heterocycles. The highest BCUT2D eigenvalue weighted by Gasteiger charge is 2.51. The van der Waals surface area contributed by atoms with Crippen molar-refractivity contribution < 1.29 is 14.6 Å². The SMILES string of the molecule is CC(C)(C)CC(COc1ccccc1)(C(=O)O)C(C)(C)C. The van der Waals surface area contributed by atoms with E-state index >= 15 is 0 Å². The summed E-state index contributed by atoms with van der Waals surface area (Å²) < 4.78 is 5.82. The number of aliphatic carboxylic acids is 1. The molecule has 0 heterocycles. The van der Waals surface area contributed by atoms with Crippen molar-refractivity contribution in [1.82, 2.24) is 0 Å². The van der Waals surface area contributed by atoms with Gasteiger partial charge in [-0.25, -0.2) is 0 Å². The largest absolute Gasteiger partial charge is 0.492 e. The maximum absolute atomic E-state index is 12.1. The zero-order valence-corrected chi connectivity index (χ0v) is 14.1. The molecule has 1 atom stereocenters. The number of hydrogen-bond donors (Lipinski definition) is 1. The lowest BCUT2D eigenvalue weighted by Gasteiger charge is -2.44. The van der Waals surface area contributed by atoms with Crippen molar-refractivity contribution in [3.05, 3.63) is 30.3 Å². The van der Waals surface area contributed by atoms with Crippen LogP contribution < -0.4 is 4.74 Å². The third kappa shape index (κ3) is 4.48. The van der Waals surface area contributed by atoms with Crippen LogP contribution >= 0.6 is 0 Å². The summed E-state index contributed by atoms with van der Waals surface area (Å²) in [6.45, 7) is 12.3. The van der Waals surface area contributed by atoms with E-state index in [9.17, 15) is 9.90 Å². The average molecular weight is 292 g/mol. The van der Waals surface area contributed by atoms with Crippen LogP contribution in [0.15, 0.2) is 30.3 Å². The molecule has 0 amide bonds. The molecule has 1 unspecified atom stereocenters. The Balaban J connectivity index is 3.08. The van der Waals surface area contributed by atoms with E-state index < -0.39 is 16.8 Å². The topological polar surface area (TPSA) is 46.5 Å².